The molecule has 0 radical (unpaired) electrons. The van der Waals surface area contributed by atoms with Crippen molar-refractivity contribution >= 4 is 5.97 Å². The Bertz CT molecular complexity index is 746. The number of hydrogen-bond acceptors (Lipinski definition) is 3. The average Bonchev–Trinajstić information content (AvgIpc) is 2.56. The molecule has 0 saturated heterocycles. The molecule has 0 bridgehead atoms. The molecule has 0 aliphatic heterocycles. The molecular weight excluding hydrogens is 310 g/mol. The fourth-order valence-corrected chi connectivity index (χ4v) is 2.99. The quantitative estimate of drug-likeness (QED) is 0.647. The second kappa shape index (κ2) is 7.24. The Balaban J connectivity index is 2.64. The molecule has 0 unspecified atom stereocenters. The van der Waals surface area contributed by atoms with Gasteiger partial charge >= 0.3 is 5.97 Å². The van der Waals surface area contributed by atoms with Crippen LogP contribution in [0.5, 0.6) is 0 Å². The number of ether oxygens (including phenoxy) is 1. The van der Waals surface area contributed by atoms with E-state index in [0.29, 0.717) is 5.56 Å². The van der Waals surface area contributed by atoms with Gasteiger partial charge in [0.2, 0.25) is 0 Å². The Morgan fingerprint density at radius 3 is 2.16 bits per heavy atom. The van der Waals surface area contributed by atoms with Gasteiger partial charge in [0.1, 0.15) is 5.60 Å². The molecule has 0 spiro atoms. The minimum Gasteiger partial charge on any atom is -0.458 e. The summed E-state index contributed by atoms with van der Waals surface area (Å²) in [4.78, 5) is 13.2. The molecule has 0 aliphatic rings. The maximum Gasteiger partial charge on any atom is 0.332 e. The monoisotopic (exact) mass is 337 g/mol. The zero-order valence-electron chi connectivity index (χ0n) is 15.5. The Labute approximate surface area is 150 Å². The van der Waals surface area contributed by atoms with E-state index in [1.54, 1.807) is 6.08 Å². The summed E-state index contributed by atoms with van der Waals surface area (Å²) in [6, 6.07) is 17.3. The first-order chi connectivity index (χ1) is 11.7. The van der Waals surface area contributed by atoms with Crippen LogP contribution in [-0.2, 0) is 15.1 Å². The lowest BCUT2D eigenvalue weighted by Crippen LogP contribution is -2.52. The van der Waals surface area contributed by atoms with E-state index in [1.807, 2.05) is 82.3 Å². The van der Waals surface area contributed by atoms with E-state index in [2.05, 4.69) is 6.58 Å². The molecule has 25 heavy (non-hydrogen) atoms. The number of carbonyl (C=O) groups is 1. The summed E-state index contributed by atoms with van der Waals surface area (Å²) in [5.41, 5.74) is 7.52. The second-order valence-electron chi connectivity index (χ2n) is 7.31. The first-order valence-corrected chi connectivity index (χ1v) is 8.46. The summed E-state index contributed by atoms with van der Waals surface area (Å²) >= 11 is 0. The van der Waals surface area contributed by atoms with Gasteiger partial charge in [-0.3, -0.25) is 0 Å². The van der Waals surface area contributed by atoms with E-state index in [0.717, 1.165) is 11.1 Å². The lowest BCUT2D eigenvalue weighted by atomic mass is 9.74. The number of carbonyl (C=O) groups excluding carboxylic acids is 1. The van der Waals surface area contributed by atoms with Crippen LogP contribution in [0, 0.1) is 6.92 Å². The molecule has 2 aromatic carbocycles. The number of benzene rings is 2. The van der Waals surface area contributed by atoms with Crippen LogP contribution in [-0.4, -0.2) is 11.6 Å². The van der Waals surface area contributed by atoms with Crippen LogP contribution >= 0.6 is 0 Å². The minimum atomic E-state index is -1.36. The molecule has 2 N–H and O–H groups in total. The highest BCUT2D eigenvalue weighted by molar-refractivity contribution is 5.85. The van der Waals surface area contributed by atoms with E-state index in [1.165, 1.54) is 0 Å². The first kappa shape index (κ1) is 18.9. The first-order valence-electron chi connectivity index (χ1n) is 8.46. The molecule has 0 saturated carbocycles. The SMILES string of the molecule is C=C[C@@H](c1ccccc1C)[C@@](N)(C(=O)OC(C)(C)C)c1ccccc1. The van der Waals surface area contributed by atoms with Crippen molar-refractivity contribution in [3.8, 4) is 0 Å². The van der Waals surface area contributed by atoms with Crippen LogP contribution in [0.3, 0.4) is 0 Å². The molecule has 0 fully saturated rings. The van der Waals surface area contributed by atoms with Crippen LogP contribution in [0.1, 0.15) is 43.4 Å². The van der Waals surface area contributed by atoms with Gasteiger partial charge in [0, 0.05) is 5.92 Å². The smallest absolute Gasteiger partial charge is 0.332 e. The molecule has 132 valence electrons. The summed E-state index contributed by atoms with van der Waals surface area (Å²) < 4.78 is 5.69. The molecule has 3 nitrogen and oxygen atoms in total. The number of esters is 1. The van der Waals surface area contributed by atoms with E-state index in [4.69, 9.17) is 10.5 Å². The summed E-state index contributed by atoms with van der Waals surface area (Å²) in [5, 5.41) is 0. The molecule has 0 aromatic heterocycles. The lowest BCUT2D eigenvalue weighted by molar-refractivity contribution is -0.162. The highest BCUT2D eigenvalue weighted by Gasteiger charge is 2.46. The van der Waals surface area contributed by atoms with Gasteiger partial charge in [0.05, 0.1) is 0 Å². The van der Waals surface area contributed by atoms with E-state index in [-0.39, 0.29) is 0 Å². The molecule has 0 heterocycles. The van der Waals surface area contributed by atoms with Gasteiger partial charge in [-0.2, -0.15) is 0 Å². The van der Waals surface area contributed by atoms with Crippen LogP contribution in [0.15, 0.2) is 67.3 Å². The molecule has 0 aliphatic carbocycles. The van der Waals surface area contributed by atoms with Crippen LogP contribution in [0.4, 0.5) is 0 Å². The van der Waals surface area contributed by atoms with Crippen molar-refractivity contribution in [1.82, 2.24) is 0 Å². The summed E-state index contributed by atoms with van der Waals surface area (Å²) in [7, 11) is 0. The number of nitrogens with two attached hydrogens (primary N) is 1. The fourth-order valence-electron chi connectivity index (χ4n) is 2.99. The molecule has 2 aromatic rings. The Kier molecular flexibility index (Phi) is 5.48. The van der Waals surface area contributed by atoms with Crippen molar-refractivity contribution < 1.29 is 9.53 Å². The summed E-state index contributed by atoms with van der Waals surface area (Å²) in [6.07, 6.45) is 1.74. The third-order valence-corrected chi connectivity index (χ3v) is 4.24. The van der Waals surface area contributed by atoms with Crippen LogP contribution in [0.2, 0.25) is 0 Å². The fraction of sp³-hybridized carbons (Fsp3) is 0.318. The maximum atomic E-state index is 13.2. The zero-order valence-corrected chi connectivity index (χ0v) is 15.5. The maximum absolute atomic E-state index is 13.2. The topological polar surface area (TPSA) is 52.3 Å². The van der Waals surface area contributed by atoms with Crippen molar-refractivity contribution in [2.24, 2.45) is 5.73 Å². The highest BCUT2D eigenvalue weighted by atomic mass is 16.6. The van der Waals surface area contributed by atoms with Gasteiger partial charge in [-0.05, 0) is 44.4 Å². The van der Waals surface area contributed by atoms with Gasteiger partial charge in [-0.25, -0.2) is 4.79 Å². The Morgan fingerprint density at radius 1 is 1.08 bits per heavy atom. The second-order valence-corrected chi connectivity index (χ2v) is 7.31. The minimum absolute atomic E-state index is 0.411. The largest absolute Gasteiger partial charge is 0.458 e. The van der Waals surface area contributed by atoms with Gasteiger partial charge in [-0.1, -0.05) is 60.7 Å². The molecular formula is C22H27NO2. The number of aryl methyl sites for hydroxylation is 1. The number of rotatable bonds is 5. The standard InChI is InChI=1S/C22H27NO2/c1-6-19(18-15-11-10-12-16(18)2)22(23,17-13-8-7-9-14-17)20(24)25-21(3,4)5/h6-15,19H,1,23H2,2-5H3/t19-,22+/m0/s1. The summed E-state index contributed by atoms with van der Waals surface area (Å²) in [5.74, 6) is -0.870. The zero-order chi connectivity index (χ0) is 18.7. The Morgan fingerprint density at radius 2 is 1.64 bits per heavy atom. The van der Waals surface area contributed by atoms with Gasteiger partial charge in [-0.15, -0.1) is 6.58 Å². The molecule has 3 heteroatoms. The molecule has 0 amide bonds. The van der Waals surface area contributed by atoms with Gasteiger partial charge < -0.3 is 10.5 Å². The molecule has 2 rings (SSSR count). The normalized spacial score (nSPS) is 15.1. The Hall–Kier alpha value is -2.39. The van der Waals surface area contributed by atoms with Gasteiger partial charge in [0.25, 0.3) is 0 Å². The van der Waals surface area contributed by atoms with Crippen molar-refractivity contribution in [1.29, 1.82) is 0 Å². The van der Waals surface area contributed by atoms with Crippen molar-refractivity contribution in [3.05, 3.63) is 83.9 Å². The van der Waals surface area contributed by atoms with Crippen molar-refractivity contribution in [2.45, 2.75) is 44.8 Å². The average molecular weight is 337 g/mol. The third-order valence-electron chi connectivity index (χ3n) is 4.24. The highest BCUT2D eigenvalue weighted by Crippen LogP contribution is 2.39. The molecule has 2 atom stereocenters. The number of hydrogen-bond donors (Lipinski definition) is 1. The summed E-state index contributed by atoms with van der Waals surface area (Å²) in [6.45, 7) is 11.5. The van der Waals surface area contributed by atoms with Gasteiger partial charge in [0.15, 0.2) is 5.54 Å². The van der Waals surface area contributed by atoms with Crippen molar-refractivity contribution in [2.75, 3.05) is 0 Å². The van der Waals surface area contributed by atoms with E-state index < -0.39 is 23.0 Å². The third kappa shape index (κ3) is 3.99. The predicted octanol–water partition coefficient (Wildman–Crippen LogP) is 4.46. The van der Waals surface area contributed by atoms with E-state index in [9.17, 15) is 4.79 Å². The lowest BCUT2D eigenvalue weighted by Gasteiger charge is -2.37. The van der Waals surface area contributed by atoms with Crippen molar-refractivity contribution in [3.63, 3.8) is 0 Å². The predicted molar refractivity (Wildman–Crippen MR) is 102 cm³/mol. The van der Waals surface area contributed by atoms with E-state index >= 15 is 0 Å². The van der Waals surface area contributed by atoms with Crippen LogP contribution in [0.25, 0.3) is 0 Å². The van der Waals surface area contributed by atoms with Crippen LogP contribution < -0.4 is 5.73 Å².